The highest BCUT2D eigenvalue weighted by molar-refractivity contribution is 7.20. The number of halogens is 1. The third-order valence-corrected chi connectivity index (χ3v) is 4.25. The first kappa shape index (κ1) is 13.3. The predicted octanol–water partition coefficient (Wildman–Crippen LogP) is 2.50. The van der Waals surface area contributed by atoms with Crippen LogP contribution >= 0.6 is 23.7 Å². The molecule has 1 fully saturated rings. The average molecular weight is 283 g/mol. The molecular formula is C13H15ClN2OS. The molecule has 96 valence electrons. The Kier molecular flexibility index (Phi) is 3.90. The van der Waals surface area contributed by atoms with E-state index in [4.69, 9.17) is 5.73 Å². The van der Waals surface area contributed by atoms with Gasteiger partial charge in [0.2, 0.25) is 0 Å². The van der Waals surface area contributed by atoms with Gasteiger partial charge in [0.05, 0.1) is 4.88 Å². The molecule has 1 aliphatic heterocycles. The zero-order valence-corrected chi connectivity index (χ0v) is 11.5. The zero-order valence-electron chi connectivity index (χ0n) is 9.83. The number of amides is 1. The molecule has 0 radical (unpaired) electrons. The molecule has 2 aromatic rings. The van der Waals surface area contributed by atoms with Crippen molar-refractivity contribution in [2.45, 2.75) is 12.5 Å². The third-order valence-electron chi connectivity index (χ3n) is 3.15. The molecule has 0 saturated carbocycles. The van der Waals surface area contributed by atoms with E-state index in [0.29, 0.717) is 6.54 Å². The third kappa shape index (κ3) is 2.36. The van der Waals surface area contributed by atoms with Crippen molar-refractivity contribution in [3.05, 3.63) is 35.2 Å². The molecule has 0 spiro atoms. The highest BCUT2D eigenvalue weighted by Crippen LogP contribution is 2.27. The lowest BCUT2D eigenvalue weighted by molar-refractivity contribution is 0.0795. The van der Waals surface area contributed by atoms with Gasteiger partial charge in [0.1, 0.15) is 0 Å². The van der Waals surface area contributed by atoms with Crippen LogP contribution in [-0.2, 0) is 0 Å². The summed E-state index contributed by atoms with van der Waals surface area (Å²) in [5.74, 6) is 0.124. The summed E-state index contributed by atoms with van der Waals surface area (Å²) in [6.45, 7) is 1.47. The van der Waals surface area contributed by atoms with Gasteiger partial charge in [0.15, 0.2) is 0 Å². The first-order valence-corrected chi connectivity index (χ1v) is 6.59. The van der Waals surface area contributed by atoms with Gasteiger partial charge in [-0.05, 0) is 23.9 Å². The van der Waals surface area contributed by atoms with Crippen molar-refractivity contribution >= 4 is 39.7 Å². The largest absolute Gasteiger partial charge is 0.336 e. The van der Waals surface area contributed by atoms with Crippen molar-refractivity contribution in [1.82, 2.24) is 4.90 Å². The average Bonchev–Trinajstić information content (AvgIpc) is 2.93. The molecule has 3 rings (SSSR count). The van der Waals surface area contributed by atoms with Gasteiger partial charge in [0.25, 0.3) is 5.91 Å². The van der Waals surface area contributed by atoms with E-state index >= 15 is 0 Å². The lowest BCUT2D eigenvalue weighted by atomic mass is 10.2. The van der Waals surface area contributed by atoms with E-state index in [2.05, 4.69) is 0 Å². The number of rotatable bonds is 1. The minimum absolute atomic E-state index is 0. The molecule has 3 nitrogen and oxygen atoms in total. The number of thiophene rings is 1. The topological polar surface area (TPSA) is 46.3 Å². The maximum Gasteiger partial charge on any atom is 0.264 e. The van der Waals surface area contributed by atoms with E-state index in [1.165, 1.54) is 4.70 Å². The summed E-state index contributed by atoms with van der Waals surface area (Å²) in [7, 11) is 0. The fourth-order valence-corrected chi connectivity index (χ4v) is 3.25. The fourth-order valence-electron chi connectivity index (χ4n) is 2.21. The Balaban J connectivity index is 0.00000120. The molecule has 2 heterocycles. The Morgan fingerprint density at radius 1 is 1.39 bits per heavy atom. The maximum atomic E-state index is 12.2. The first-order valence-electron chi connectivity index (χ1n) is 5.77. The van der Waals surface area contributed by atoms with Crippen molar-refractivity contribution in [3.8, 4) is 0 Å². The SMILES string of the molecule is Cl.N[C@@H]1CCN(C(=O)c2cc3ccccc3s2)C1. The molecule has 0 unspecified atom stereocenters. The van der Waals surface area contributed by atoms with Crippen molar-refractivity contribution in [3.63, 3.8) is 0 Å². The molecule has 18 heavy (non-hydrogen) atoms. The van der Waals surface area contributed by atoms with Crippen LogP contribution in [0.15, 0.2) is 30.3 Å². The summed E-state index contributed by atoms with van der Waals surface area (Å²) < 4.78 is 1.17. The van der Waals surface area contributed by atoms with Gasteiger partial charge < -0.3 is 10.6 Å². The van der Waals surface area contributed by atoms with Crippen LogP contribution in [0, 0.1) is 0 Å². The molecule has 0 bridgehead atoms. The van der Waals surface area contributed by atoms with Crippen molar-refractivity contribution < 1.29 is 4.79 Å². The zero-order chi connectivity index (χ0) is 11.8. The summed E-state index contributed by atoms with van der Waals surface area (Å²) in [5, 5.41) is 1.14. The molecule has 1 atom stereocenters. The van der Waals surface area contributed by atoms with E-state index in [1.54, 1.807) is 11.3 Å². The number of benzene rings is 1. The van der Waals surface area contributed by atoms with Gasteiger partial charge in [-0.1, -0.05) is 18.2 Å². The highest BCUT2D eigenvalue weighted by Gasteiger charge is 2.25. The maximum absolute atomic E-state index is 12.2. The molecule has 5 heteroatoms. The quantitative estimate of drug-likeness (QED) is 0.873. The Bertz CT molecular complexity index is 536. The second-order valence-electron chi connectivity index (χ2n) is 4.45. The number of carbonyl (C=O) groups excluding carboxylic acids is 1. The van der Waals surface area contributed by atoms with Gasteiger partial charge in [-0.3, -0.25) is 4.79 Å². The Labute approximate surface area is 116 Å². The summed E-state index contributed by atoms with van der Waals surface area (Å²) in [6, 6.07) is 10.2. The van der Waals surface area contributed by atoms with Crippen molar-refractivity contribution in [1.29, 1.82) is 0 Å². The Morgan fingerprint density at radius 3 is 2.83 bits per heavy atom. The monoisotopic (exact) mass is 282 g/mol. The fraction of sp³-hybridized carbons (Fsp3) is 0.308. The predicted molar refractivity (Wildman–Crippen MR) is 77.6 cm³/mol. The lowest BCUT2D eigenvalue weighted by Gasteiger charge is -2.13. The summed E-state index contributed by atoms with van der Waals surface area (Å²) in [6.07, 6.45) is 0.913. The van der Waals surface area contributed by atoms with Crippen LogP contribution < -0.4 is 5.73 Å². The molecule has 1 amide bonds. The van der Waals surface area contributed by atoms with Crippen molar-refractivity contribution in [2.24, 2.45) is 5.73 Å². The molecule has 1 aliphatic rings. The standard InChI is InChI=1S/C13H14N2OS.ClH/c14-10-5-6-15(8-10)13(16)12-7-9-3-1-2-4-11(9)17-12;/h1-4,7,10H,5-6,8,14H2;1H/t10-;/m1./s1. The van der Waals surface area contributed by atoms with Crippen LogP contribution in [0.25, 0.3) is 10.1 Å². The lowest BCUT2D eigenvalue weighted by Crippen LogP contribution is -2.31. The number of hydrogen-bond acceptors (Lipinski definition) is 3. The van der Waals surface area contributed by atoms with E-state index in [9.17, 15) is 4.79 Å². The van der Waals surface area contributed by atoms with Gasteiger partial charge >= 0.3 is 0 Å². The highest BCUT2D eigenvalue weighted by atomic mass is 35.5. The number of carbonyl (C=O) groups is 1. The van der Waals surface area contributed by atoms with Crippen LogP contribution in [-0.4, -0.2) is 29.9 Å². The van der Waals surface area contributed by atoms with Crippen LogP contribution in [0.3, 0.4) is 0 Å². The number of likely N-dealkylation sites (tertiary alicyclic amines) is 1. The van der Waals surface area contributed by atoms with Gasteiger partial charge in [-0.2, -0.15) is 0 Å². The second-order valence-corrected chi connectivity index (χ2v) is 5.53. The van der Waals surface area contributed by atoms with Gasteiger partial charge in [-0.25, -0.2) is 0 Å². The van der Waals surface area contributed by atoms with E-state index in [0.717, 1.165) is 23.2 Å². The summed E-state index contributed by atoms with van der Waals surface area (Å²) in [4.78, 5) is 14.9. The Hall–Kier alpha value is -1.10. The van der Waals surface area contributed by atoms with E-state index < -0.39 is 0 Å². The number of nitrogens with zero attached hydrogens (tertiary/aromatic N) is 1. The van der Waals surface area contributed by atoms with Crippen LogP contribution in [0.4, 0.5) is 0 Å². The van der Waals surface area contributed by atoms with E-state index in [-0.39, 0.29) is 24.4 Å². The van der Waals surface area contributed by atoms with Crippen LogP contribution in [0.2, 0.25) is 0 Å². The van der Waals surface area contributed by atoms with Crippen molar-refractivity contribution in [2.75, 3.05) is 13.1 Å². The van der Waals surface area contributed by atoms with E-state index in [1.807, 2.05) is 35.2 Å². The van der Waals surface area contributed by atoms with Gasteiger partial charge in [-0.15, -0.1) is 23.7 Å². The molecular weight excluding hydrogens is 268 g/mol. The molecule has 1 saturated heterocycles. The minimum Gasteiger partial charge on any atom is -0.336 e. The molecule has 0 aliphatic carbocycles. The number of fused-ring (bicyclic) bond motifs is 1. The smallest absolute Gasteiger partial charge is 0.264 e. The summed E-state index contributed by atoms with van der Waals surface area (Å²) in [5.41, 5.74) is 5.83. The summed E-state index contributed by atoms with van der Waals surface area (Å²) >= 11 is 1.56. The normalized spacial score (nSPS) is 18.9. The molecule has 2 N–H and O–H groups in total. The minimum atomic E-state index is 0. The first-order chi connectivity index (χ1) is 8.24. The van der Waals surface area contributed by atoms with Crippen LogP contribution in [0.1, 0.15) is 16.1 Å². The van der Waals surface area contributed by atoms with Crippen LogP contribution in [0.5, 0.6) is 0 Å². The number of hydrogen-bond donors (Lipinski definition) is 1. The molecule has 1 aromatic carbocycles. The molecule has 1 aromatic heterocycles. The second kappa shape index (κ2) is 5.26. The Morgan fingerprint density at radius 2 is 2.17 bits per heavy atom. The van der Waals surface area contributed by atoms with Gasteiger partial charge in [0, 0.05) is 23.8 Å². The number of nitrogens with two attached hydrogens (primary N) is 1.